The van der Waals surface area contributed by atoms with Gasteiger partial charge in [0, 0.05) is 33.5 Å². The van der Waals surface area contributed by atoms with Crippen molar-refractivity contribution in [3.63, 3.8) is 0 Å². The van der Waals surface area contributed by atoms with Crippen LogP contribution in [0.15, 0.2) is 255 Å². The van der Waals surface area contributed by atoms with E-state index in [0.717, 1.165) is 22.7 Å². The van der Waals surface area contributed by atoms with Gasteiger partial charge >= 0.3 is 0 Å². The molecule has 1 heterocycles. The van der Waals surface area contributed by atoms with Crippen molar-refractivity contribution in [3.8, 4) is 39.1 Å². The molecule has 63 heavy (non-hydrogen) atoms. The third-order valence-corrected chi connectivity index (χ3v) is 13.1. The summed E-state index contributed by atoms with van der Waals surface area (Å²) in [6, 6.07) is 93.1. The lowest BCUT2D eigenvalue weighted by molar-refractivity contribution is 0.768. The van der Waals surface area contributed by atoms with Crippen molar-refractivity contribution >= 4 is 38.9 Å². The Balaban J connectivity index is 0.958. The smallest absolute Gasteiger partial charge is 0.0713 e. The van der Waals surface area contributed by atoms with Crippen molar-refractivity contribution in [3.05, 3.63) is 277 Å². The number of fused-ring (bicyclic) bond motifs is 6. The van der Waals surface area contributed by atoms with Crippen LogP contribution in [0.4, 0.5) is 17.1 Å². The normalized spacial score (nSPS) is 12.6. The lowest BCUT2D eigenvalue weighted by Crippen LogP contribution is -2.28. The molecule has 1 aliphatic rings. The van der Waals surface area contributed by atoms with Crippen LogP contribution in [0.1, 0.15) is 22.3 Å². The Labute approximate surface area is 368 Å². The summed E-state index contributed by atoms with van der Waals surface area (Å²) >= 11 is 0. The molecule has 0 unspecified atom stereocenters. The second-order valence-corrected chi connectivity index (χ2v) is 16.5. The van der Waals surface area contributed by atoms with E-state index in [1.165, 1.54) is 77.4 Å². The SMILES string of the molecule is c1ccc(N(c2ccccc2)c2cccc(-c3ccc(-c4ccc5c6ccccc6n(-c6ccc7c(c6)-c6ccccc6C7(c6ccccc6)c6ccccc6)c5c4)cc3)c2)cc1. The van der Waals surface area contributed by atoms with Gasteiger partial charge in [0.15, 0.2) is 0 Å². The highest BCUT2D eigenvalue weighted by Gasteiger charge is 2.46. The predicted octanol–water partition coefficient (Wildman–Crippen LogP) is 16.0. The van der Waals surface area contributed by atoms with E-state index in [4.69, 9.17) is 0 Å². The van der Waals surface area contributed by atoms with Gasteiger partial charge in [0.1, 0.15) is 0 Å². The third kappa shape index (κ3) is 5.95. The van der Waals surface area contributed by atoms with Crippen LogP contribution < -0.4 is 4.90 Å². The van der Waals surface area contributed by atoms with Gasteiger partial charge in [-0.3, -0.25) is 0 Å². The molecule has 0 aliphatic heterocycles. The van der Waals surface area contributed by atoms with Crippen LogP contribution in [-0.2, 0) is 5.41 Å². The first-order chi connectivity index (χ1) is 31.3. The van der Waals surface area contributed by atoms with Gasteiger partial charge < -0.3 is 9.47 Å². The molecule has 0 bridgehead atoms. The van der Waals surface area contributed by atoms with Gasteiger partial charge in [-0.1, -0.05) is 194 Å². The average molecular weight is 803 g/mol. The van der Waals surface area contributed by atoms with Crippen LogP contribution in [0.2, 0.25) is 0 Å². The van der Waals surface area contributed by atoms with Gasteiger partial charge in [-0.2, -0.15) is 0 Å². The predicted molar refractivity (Wildman–Crippen MR) is 264 cm³/mol. The van der Waals surface area contributed by atoms with E-state index >= 15 is 0 Å². The van der Waals surface area contributed by atoms with Crippen LogP contribution in [0.3, 0.4) is 0 Å². The Bertz CT molecular complexity index is 3350. The Morgan fingerprint density at radius 1 is 0.302 bits per heavy atom. The maximum Gasteiger partial charge on any atom is 0.0713 e. The summed E-state index contributed by atoms with van der Waals surface area (Å²) in [5.74, 6) is 0. The van der Waals surface area contributed by atoms with Crippen molar-refractivity contribution in [2.75, 3.05) is 4.90 Å². The maximum atomic E-state index is 2.47. The van der Waals surface area contributed by atoms with Gasteiger partial charge in [-0.05, 0) is 116 Å². The average Bonchev–Trinajstić information content (AvgIpc) is 3.85. The van der Waals surface area contributed by atoms with Gasteiger partial charge in [0.25, 0.3) is 0 Å². The molecule has 0 saturated heterocycles. The Kier molecular flexibility index (Phi) is 8.76. The summed E-state index contributed by atoms with van der Waals surface area (Å²) in [5, 5.41) is 2.49. The number of anilines is 3. The summed E-state index contributed by atoms with van der Waals surface area (Å²) in [5.41, 5.74) is 18.9. The van der Waals surface area contributed by atoms with Crippen molar-refractivity contribution in [1.82, 2.24) is 4.57 Å². The standard InChI is InChI=1S/C61H42N2/c1-5-19-47(20-6-1)61(48-21-7-2-8-22-48)57-30-15-13-28-53(57)56-42-52(37-39-58(56)61)63-59-31-16-14-29-54(59)55-38-36-46(41-60(55)63)44-34-32-43(33-35-44)45-18-17-27-51(40-45)62(49-23-9-3-10-24-49)50-25-11-4-12-26-50/h1-42H. The molecule has 11 aromatic rings. The molecular formula is C61H42N2. The van der Waals surface area contributed by atoms with E-state index in [1.807, 2.05) is 0 Å². The summed E-state index contributed by atoms with van der Waals surface area (Å²) < 4.78 is 2.47. The summed E-state index contributed by atoms with van der Waals surface area (Å²) in [6.45, 7) is 0. The van der Waals surface area contributed by atoms with Gasteiger partial charge in [0.2, 0.25) is 0 Å². The Hall–Kier alpha value is -8.20. The topological polar surface area (TPSA) is 8.17 Å². The number of benzene rings is 10. The maximum absolute atomic E-state index is 2.47. The molecule has 0 fully saturated rings. The van der Waals surface area contributed by atoms with Crippen molar-refractivity contribution in [2.45, 2.75) is 5.41 Å². The molecule has 0 saturated carbocycles. The van der Waals surface area contributed by atoms with Gasteiger partial charge in [-0.15, -0.1) is 0 Å². The molecule has 0 spiro atoms. The minimum atomic E-state index is -0.433. The molecule has 2 nitrogen and oxygen atoms in total. The monoisotopic (exact) mass is 802 g/mol. The zero-order valence-electron chi connectivity index (χ0n) is 34.6. The fourth-order valence-electron chi connectivity index (χ4n) is 10.3. The minimum absolute atomic E-state index is 0.433. The molecule has 1 aromatic heterocycles. The van der Waals surface area contributed by atoms with E-state index in [0.29, 0.717) is 0 Å². The lowest BCUT2D eigenvalue weighted by atomic mass is 9.68. The van der Waals surface area contributed by atoms with E-state index in [9.17, 15) is 0 Å². The number of para-hydroxylation sites is 3. The zero-order valence-corrected chi connectivity index (χ0v) is 34.6. The highest BCUT2D eigenvalue weighted by atomic mass is 15.1. The molecule has 0 N–H and O–H groups in total. The highest BCUT2D eigenvalue weighted by Crippen LogP contribution is 2.56. The molecule has 10 aromatic carbocycles. The number of aromatic nitrogens is 1. The summed E-state index contributed by atoms with van der Waals surface area (Å²) in [7, 11) is 0. The minimum Gasteiger partial charge on any atom is -0.310 e. The number of hydrogen-bond donors (Lipinski definition) is 0. The molecular weight excluding hydrogens is 761 g/mol. The Morgan fingerprint density at radius 2 is 0.810 bits per heavy atom. The molecule has 12 rings (SSSR count). The first-order valence-corrected chi connectivity index (χ1v) is 21.8. The van der Waals surface area contributed by atoms with Gasteiger partial charge in [0.05, 0.1) is 16.4 Å². The summed E-state index contributed by atoms with van der Waals surface area (Å²) in [4.78, 5) is 2.31. The fraction of sp³-hybridized carbons (Fsp3) is 0.0164. The lowest BCUT2D eigenvalue weighted by Gasteiger charge is -2.33. The van der Waals surface area contributed by atoms with Crippen molar-refractivity contribution in [2.24, 2.45) is 0 Å². The van der Waals surface area contributed by atoms with E-state index in [-0.39, 0.29) is 0 Å². The molecule has 0 atom stereocenters. The third-order valence-electron chi connectivity index (χ3n) is 13.1. The van der Waals surface area contributed by atoms with Gasteiger partial charge in [-0.25, -0.2) is 0 Å². The van der Waals surface area contributed by atoms with Crippen molar-refractivity contribution in [1.29, 1.82) is 0 Å². The highest BCUT2D eigenvalue weighted by molar-refractivity contribution is 6.10. The van der Waals surface area contributed by atoms with Crippen LogP contribution in [0.5, 0.6) is 0 Å². The number of nitrogens with zero attached hydrogens (tertiary/aromatic N) is 2. The first-order valence-electron chi connectivity index (χ1n) is 21.8. The fourth-order valence-corrected chi connectivity index (χ4v) is 10.3. The summed E-state index contributed by atoms with van der Waals surface area (Å²) in [6.07, 6.45) is 0. The van der Waals surface area contributed by atoms with Crippen LogP contribution in [0, 0.1) is 0 Å². The number of hydrogen-bond acceptors (Lipinski definition) is 1. The zero-order chi connectivity index (χ0) is 41.7. The first kappa shape index (κ1) is 36.6. The van der Waals surface area contributed by atoms with Crippen LogP contribution >= 0.6 is 0 Å². The molecule has 0 amide bonds. The molecule has 1 aliphatic carbocycles. The quantitative estimate of drug-likeness (QED) is 0.149. The van der Waals surface area contributed by atoms with Crippen LogP contribution in [0.25, 0.3) is 60.9 Å². The molecule has 296 valence electrons. The van der Waals surface area contributed by atoms with E-state index < -0.39 is 5.41 Å². The van der Waals surface area contributed by atoms with Crippen LogP contribution in [-0.4, -0.2) is 4.57 Å². The second kappa shape index (κ2) is 15.1. The number of rotatable bonds is 8. The Morgan fingerprint density at radius 3 is 1.48 bits per heavy atom. The molecule has 0 radical (unpaired) electrons. The molecule has 2 heteroatoms. The van der Waals surface area contributed by atoms with E-state index in [1.54, 1.807) is 0 Å². The largest absolute Gasteiger partial charge is 0.310 e. The van der Waals surface area contributed by atoms with Crippen molar-refractivity contribution < 1.29 is 0 Å². The second-order valence-electron chi connectivity index (χ2n) is 16.5. The van der Waals surface area contributed by atoms with E-state index in [2.05, 4.69) is 264 Å².